The predicted molar refractivity (Wildman–Crippen MR) is 148 cm³/mol. The SMILES string of the molecule is COc1ccccc1[C@H]1CC(=O)C2=C(C1)NC(C)=C(C(=O)OC[C@@H]1CCCO1)[C@H]2c1coc2ccccc2c1=O. The lowest BCUT2D eigenvalue weighted by molar-refractivity contribution is -0.142. The lowest BCUT2D eigenvalue weighted by atomic mass is 9.71. The first kappa shape index (κ1) is 26.1. The van der Waals surface area contributed by atoms with E-state index in [1.54, 1.807) is 38.3 Å². The molecule has 3 atom stereocenters. The molecule has 2 aliphatic heterocycles. The Labute approximate surface area is 231 Å². The number of hydrogen-bond donors (Lipinski definition) is 1. The van der Waals surface area contributed by atoms with Crippen molar-refractivity contribution in [3.05, 3.63) is 98.7 Å². The third kappa shape index (κ3) is 4.62. The second-order valence-electron chi connectivity index (χ2n) is 10.5. The van der Waals surface area contributed by atoms with Crippen molar-refractivity contribution < 1.29 is 28.2 Å². The van der Waals surface area contributed by atoms with E-state index in [-0.39, 0.29) is 47.4 Å². The number of allylic oxidation sites excluding steroid dienone is 3. The first-order chi connectivity index (χ1) is 19.5. The number of ether oxygens (including phenoxy) is 3. The van der Waals surface area contributed by atoms with Crippen LogP contribution in [0.5, 0.6) is 5.75 Å². The smallest absolute Gasteiger partial charge is 0.336 e. The van der Waals surface area contributed by atoms with Gasteiger partial charge >= 0.3 is 5.97 Å². The normalized spacial score (nSPS) is 22.8. The van der Waals surface area contributed by atoms with Gasteiger partial charge in [-0.25, -0.2) is 4.79 Å². The van der Waals surface area contributed by atoms with Crippen LogP contribution in [0.1, 0.15) is 55.6 Å². The number of fused-ring (bicyclic) bond motifs is 1. The topological polar surface area (TPSA) is 104 Å². The highest BCUT2D eigenvalue weighted by Gasteiger charge is 2.43. The number of para-hydroxylation sites is 2. The number of ketones is 1. The second kappa shape index (κ2) is 10.8. The molecular formula is C32H31NO7. The monoisotopic (exact) mass is 541 g/mol. The highest BCUT2D eigenvalue weighted by molar-refractivity contribution is 6.04. The van der Waals surface area contributed by atoms with Crippen molar-refractivity contribution in [2.24, 2.45) is 0 Å². The number of carbonyl (C=O) groups is 2. The van der Waals surface area contributed by atoms with Crippen molar-refractivity contribution >= 4 is 22.7 Å². The molecule has 3 aromatic rings. The highest BCUT2D eigenvalue weighted by Crippen LogP contribution is 2.46. The van der Waals surface area contributed by atoms with E-state index in [1.165, 1.54) is 6.26 Å². The van der Waals surface area contributed by atoms with Crippen LogP contribution in [0.15, 0.2) is 86.5 Å². The lowest BCUT2D eigenvalue weighted by Crippen LogP contribution is -2.38. The molecule has 0 saturated carbocycles. The van der Waals surface area contributed by atoms with Crippen molar-refractivity contribution in [1.29, 1.82) is 0 Å². The molecule has 3 aliphatic rings. The van der Waals surface area contributed by atoms with Crippen LogP contribution in [-0.2, 0) is 19.1 Å². The van der Waals surface area contributed by atoms with Gasteiger partial charge in [-0.15, -0.1) is 0 Å². The Morgan fingerprint density at radius 3 is 2.65 bits per heavy atom. The van der Waals surface area contributed by atoms with Gasteiger partial charge in [0.2, 0.25) is 0 Å². The quantitative estimate of drug-likeness (QED) is 0.440. The summed E-state index contributed by atoms with van der Waals surface area (Å²) in [6.45, 7) is 2.54. The Hall–Kier alpha value is -4.17. The molecular weight excluding hydrogens is 510 g/mol. The minimum Gasteiger partial charge on any atom is -0.496 e. The maximum absolute atomic E-state index is 13.9. The van der Waals surface area contributed by atoms with E-state index in [9.17, 15) is 14.4 Å². The maximum Gasteiger partial charge on any atom is 0.336 e. The highest BCUT2D eigenvalue weighted by atomic mass is 16.6. The van der Waals surface area contributed by atoms with Gasteiger partial charge in [-0.05, 0) is 49.9 Å². The van der Waals surface area contributed by atoms with E-state index >= 15 is 0 Å². The summed E-state index contributed by atoms with van der Waals surface area (Å²) in [5.74, 6) is -1.04. The van der Waals surface area contributed by atoms with Gasteiger partial charge < -0.3 is 23.9 Å². The second-order valence-corrected chi connectivity index (χ2v) is 10.5. The van der Waals surface area contributed by atoms with Crippen LogP contribution in [0.25, 0.3) is 11.0 Å². The number of dihydropyridines is 1. The Kier molecular flexibility index (Phi) is 7.02. The van der Waals surface area contributed by atoms with Crippen LogP contribution in [0, 0.1) is 0 Å². The molecule has 6 rings (SSSR count). The number of Topliss-reactive ketones (excluding diaryl/α,β-unsaturated/α-hetero) is 1. The van der Waals surface area contributed by atoms with Gasteiger partial charge in [0.15, 0.2) is 11.2 Å². The summed E-state index contributed by atoms with van der Waals surface area (Å²) in [5.41, 5.74) is 3.22. The largest absolute Gasteiger partial charge is 0.496 e. The summed E-state index contributed by atoms with van der Waals surface area (Å²) in [6, 6.07) is 14.6. The molecule has 1 aliphatic carbocycles. The summed E-state index contributed by atoms with van der Waals surface area (Å²) < 4.78 is 22.8. The summed E-state index contributed by atoms with van der Waals surface area (Å²) >= 11 is 0. The molecule has 0 spiro atoms. The van der Waals surface area contributed by atoms with Crippen LogP contribution in [-0.4, -0.2) is 38.2 Å². The molecule has 8 heteroatoms. The number of carbonyl (C=O) groups excluding carboxylic acids is 2. The van der Waals surface area contributed by atoms with Crippen molar-refractivity contribution in [3.63, 3.8) is 0 Å². The Morgan fingerprint density at radius 2 is 1.85 bits per heavy atom. The molecule has 8 nitrogen and oxygen atoms in total. The molecule has 1 saturated heterocycles. The molecule has 2 aromatic carbocycles. The van der Waals surface area contributed by atoms with Crippen molar-refractivity contribution in [2.75, 3.05) is 20.3 Å². The summed E-state index contributed by atoms with van der Waals surface area (Å²) in [6.07, 6.45) is 3.70. The Morgan fingerprint density at radius 1 is 1.05 bits per heavy atom. The van der Waals surface area contributed by atoms with Gasteiger partial charge in [0.25, 0.3) is 0 Å². The van der Waals surface area contributed by atoms with E-state index in [0.29, 0.717) is 41.0 Å². The molecule has 3 heterocycles. The Bertz CT molecular complexity index is 1610. The van der Waals surface area contributed by atoms with Gasteiger partial charge in [-0.3, -0.25) is 9.59 Å². The first-order valence-corrected chi connectivity index (χ1v) is 13.6. The van der Waals surface area contributed by atoms with Gasteiger partial charge in [0, 0.05) is 41.5 Å². The van der Waals surface area contributed by atoms with E-state index in [4.69, 9.17) is 18.6 Å². The Balaban J connectivity index is 1.44. The minimum atomic E-state index is -0.916. The molecule has 0 unspecified atom stereocenters. The van der Waals surface area contributed by atoms with Crippen molar-refractivity contribution in [3.8, 4) is 5.75 Å². The van der Waals surface area contributed by atoms with Gasteiger partial charge in [0.05, 0.1) is 36.4 Å². The average molecular weight is 542 g/mol. The maximum atomic E-state index is 13.9. The van der Waals surface area contributed by atoms with E-state index in [1.807, 2.05) is 24.3 Å². The number of benzene rings is 2. The van der Waals surface area contributed by atoms with Crippen LogP contribution in [0.4, 0.5) is 0 Å². The fraction of sp³-hybridized carbons (Fsp3) is 0.344. The zero-order chi connectivity index (χ0) is 27.8. The van der Waals surface area contributed by atoms with Crippen molar-refractivity contribution in [2.45, 2.75) is 50.5 Å². The lowest BCUT2D eigenvalue weighted by Gasteiger charge is -2.36. The number of nitrogens with one attached hydrogen (secondary N) is 1. The summed E-state index contributed by atoms with van der Waals surface area (Å²) in [4.78, 5) is 41.4. The molecule has 206 valence electrons. The summed E-state index contributed by atoms with van der Waals surface area (Å²) in [7, 11) is 1.61. The molecule has 40 heavy (non-hydrogen) atoms. The zero-order valence-electron chi connectivity index (χ0n) is 22.5. The van der Waals surface area contributed by atoms with Crippen LogP contribution < -0.4 is 15.5 Å². The number of esters is 1. The molecule has 1 aromatic heterocycles. The van der Waals surface area contributed by atoms with Crippen LogP contribution in [0.2, 0.25) is 0 Å². The molecule has 1 fully saturated rings. The first-order valence-electron chi connectivity index (χ1n) is 13.6. The fourth-order valence-corrected chi connectivity index (χ4v) is 6.16. The molecule has 0 bridgehead atoms. The summed E-state index contributed by atoms with van der Waals surface area (Å²) in [5, 5.41) is 3.72. The fourth-order valence-electron chi connectivity index (χ4n) is 6.16. The van der Waals surface area contributed by atoms with Gasteiger partial charge in [-0.1, -0.05) is 30.3 Å². The predicted octanol–water partition coefficient (Wildman–Crippen LogP) is 4.89. The van der Waals surface area contributed by atoms with E-state index in [0.717, 1.165) is 24.2 Å². The van der Waals surface area contributed by atoms with Crippen LogP contribution in [0.3, 0.4) is 0 Å². The van der Waals surface area contributed by atoms with Crippen molar-refractivity contribution in [1.82, 2.24) is 5.32 Å². The third-order valence-corrected chi connectivity index (χ3v) is 8.07. The molecule has 1 N–H and O–H groups in total. The molecule has 0 amide bonds. The van der Waals surface area contributed by atoms with Gasteiger partial charge in [-0.2, -0.15) is 0 Å². The third-order valence-electron chi connectivity index (χ3n) is 8.07. The number of rotatable bonds is 6. The minimum absolute atomic E-state index is 0.115. The molecule has 0 radical (unpaired) electrons. The zero-order valence-corrected chi connectivity index (χ0v) is 22.5. The van der Waals surface area contributed by atoms with E-state index < -0.39 is 11.9 Å². The van der Waals surface area contributed by atoms with Crippen LogP contribution >= 0.6 is 0 Å². The number of methoxy groups -OCH3 is 1. The van der Waals surface area contributed by atoms with E-state index in [2.05, 4.69) is 5.32 Å². The average Bonchev–Trinajstić information content (AvgIpc) is 3.49. The standard InChI is InChI=1S/C32H31NO7/c1-18-28(32(36)40-16-20-8-7-13-38-20)29(23-17-39-27-12-6-4-10-22(27)31(23)35)30-24(33-18)14-19(15-25(30)34)21-9-3-5-11-26(21)37-2/h3-6,9-12,17,19-20,29,33H,7-8,13-16H2,1-2H3/t19-,20+,29-/m1/s1. The number of hydrogen-bond acceptors (Lipinski definition) is 8. The van der Waals surface area contributed by atoms with Gasteiger partial charge in [0.1, 0.15) is 17.9 Å².